The van der Waals surface area contributed by atoms with Gasteiger partial charge in [-0.2, -0.15) is 0 Å². The summed E-state index contributed by atoms with van der Waals surface area (Å²) < 4.78 is 6.03. The number of benzene rings is 2. The molecule has 0 atom stereocenters. The molecule has 1 aliphatic heterocycles. The minimum atomic E-state index is 0. The number of likely N-dealkylation sites (tertiary alicyclic amines) is 1. The lowest BCUT2D eigenvalue weighted by molar-refractivity contribution is 0.0724. The number of hydrogen-bond donors (Lipinski definition) is 2. The molecule has 2 aliphatic rings. The molecular formula is C27H37IN4O2. The Bertz CT molecular complexity index is 938. The average molecular weight is 577 g/mol. The first-order valence-electron chi connectivity index (χ1n) is 12.3. The summed E-state index contributed by atoms with van der Waals surface area (Å²) in [5, 5.41) is 6.73. The molecule has 6 nitrogen and oxygen atoms in total. The maximum atomic E-state index is 12.7. The molecule has 4 rings (SSSR count). The standard InChI is InChI=1S/C27H36N4O2.HI/c1-2-28-27(30-19-24-8-4-5-9-25(24)33-20-22-10-11-22)29-18-21-12-14-23(15-13-21)26(32)31-16-6-3-7-17-31;/h4-5,8-9,12-15,22H,2-3,6-7,10-11,16-20H2,1H3,(H2,28,29,30);1H. The number of nitrogens with zero attached hydrogens (tertiary/aromatic N) is 2. The van der Waals surface area contributed by atoms with Crippen molar-refractivity contribution in [2.75, 3.05) is 26.2 Å². The van der Waals surface area contributed by atoms with Crippen molar-refractivity contribution in [1.82, 2.24) is 15.5 Å². The van der Waals surface area contributed by atoms with Gasteiger partial charge in [-0.3, -0.25) is 4.79 Å². The third-order valence-electron chi connectivity index (χ3n) is 6.20. The van der Waals surface area contributed by atoms with Crippen LogP contribution in [0.5, 0.6) is 5.75 Å². The molecule has 7 heteroatoms. The molecular weight excluding hydrogens is 539 g/mol. The number of guanidine groups is 1. The Morgan fingerprint density at radius 3 is 2.47 bits per heavy atom. The Morgan fingerprint density at radius 2 is 1.76 bits per heavy atom. The van der Waals surface area contributed by atoms with Crippen molar-refractivity contribution in [2.24, 2.45) is 10.9 Å². The Morgan fingerprint density at radius 1 is 1.03 bits per heavy atom. The molecule has 0 bridgehead atoms. The van der Waals surface area contributed by atoms with Crippen LogP contribution in [0.25, 0.3) is 0 Å². The van der Waals surface area contributed by atoms with Crippen molar-refractivity contribution in [1.29, 1.82) is 0 Å². The third kappa shape index (κ3) is 7.89. The van der Waals surface area contributed by atoms with Gasteiger partial charge in [0.2, 0.25) is 0 Å². The monoisotopic (exact) mass is 576 g/mol. The highest BCUT2D eigenvalue weighted by Crippen LogP contribution is 2.30. The van der Waals surface area contributed by atoms with E-state index in [1.54, 1.807) is 0 Å². The second-order valence-corrected chi connectivity index (χ2v) is 8.96. The number of halogens is 1. The molecule has 2 fully saturated rings. The van der Waals surface area contributed by atoms with E-state index in [9.17, 15) is 4.79 Å². The summed E-state index contributed by atoms with van der Waals surface area (Å²) in [5.74, 6) is 2.58. The van der Waals surface area contributed by atoms with Crippen molar-refractivity contribution in [3.05, 3.63) is 65.2 Å². The van der Waals surface area contributed by atoms with Crippen LogP contribution in [0.2, 0.25) is 0 Å². The largest absolute Gasteiger partial charge is 0.493 e. The van der Waals surface area contributed by atoms with Gasteiger partial charge in [0.25, 0.3) is 5.91 Å². The second kappa shape index (κ2) is 13.6. The Labute approximate surface area is 220 Å². The quantitative estimate of drug-likeness (QED) is 0.251. The van der Waals surface area contributed by atoms with E-state index in [1.807, 2.05) is 47.4 Å². The van der Waals surface area contributed by atoms with E-state index in [4.69, 9.17) is 9.73 Å². The minimum absolute atomic E-state index is 0. The van der Waals surface area contributed by atoms with Crippen molar-refractivity contribution < 1.29 is 9.53 Å². The first-order chi connectivity index (χ1) is 16.2. The number of aliphatic imine (C=N–C) groups is 1. The van der Waals surface area contributed by atoms with Crippen molar-refractivity contribution in [3.8, 4) is 5.75 Å². The summed E-state index contributed by atoms with van der Waals surface area (Å²) in [5.41, 5.74) is 2.97. The number of amides is 1. The van der Waals surface area contributed by atoms with Gasteiger partial charge in [0.15, 0.2) is 5.96 Å². The van der Waals surface area contributed by atoms with E-state index >= 15 is 0 Å². The van der Waals surface area contributed by atoms with Crippen LogP contribution in [0, 0.1) is 5.92 Å². The summed E-state index contributed by atoms with van der Waals surface area (Å²) in [6.07, 6.45) is 6.00. The molecule has 0 spiro atoms. The van der Waals surface area contributed by atoms with Crippen molar-refractivity contribution in [3.63, 3.8) is 0 Å². The second-order valence-electron chi connectivity index (χ2n) is 8.96. The van der Waals surface area contributed by atoms with Crippen LogP contribution in [-0.4, -0.2) is 43.0 Å². The molecule has 184 valence electrons. The predicted molar refractivity (Wildman–Crippen MR) is 148 cm³/mol. The molecule has 0 radical (unpaired) electrons. The molecule has 1 saturated carbocycles. The Kier molecular flexibility index (Phi) is 10.5. The lowest BCUT2D eigenvalue weighted by atomic mass is 10.1. The summed E-state index contributed by atoms with van der Waals surface area (Å²) in [6.45, 7) is 6.60. The molecule has 1 amide bonds. The molecule has 0 unspecified atom stereocenters. The minimum Gasteiger partial charge on any atom is -0.493 e. The van der Waals surface area contributed by atoms with Crippen LogP contribution in [0.3, 0.4) is 0 Å². The number of hydrogen-bond acceptors (Lipinski definition) is 3. The van der Waals surface area contributed by atoms with Crippen LogP contribution in [0.4, 0.5) is 0 Å². The molecule has 0 aromatic heterocycles. The van der Waals surface area contributed by atoms with E-state index in [2.05, 4.69) is 23.6 Å². The highest BCUT2D eigenvalue weighted by atomic mass is 127. The zero-order valence-corrected chi connectivity index (χ0v) is 22.4. The van der Waals surface area contributed by atoms with Gasteiger partial charge in [0.05, 0.1) is 13.2 Å². The van der Waals surface area contributed by atoms with Crippen LogP contribution in [0.15, 0.2) is 53.5 Å². The van der Waals surface area contributed by atoms with Crippen molar-refractivity contribution >= 4 is 35.8 Å². The van der Waals surface area contributed by atoms with Gasteiger partial charge in [-0.15, -0.1) is 24.0 Å². The number of rotatable bonds is 9. The van der Waals surface area contributed by atoms with Crippen LogP contribution in [-0.2, 0) is 13.1 Å². The van der Waals surface area contributed by atoms with E-state index < -0.39 is 0 Å². The fraction of sp³-hybridized carbons (Fsp3) is 0.481. The first-order valence-corrected chi connectivity index (χ1v) is 12.3. The van der Waals surface area contributed by atoms with Crippen LogP contribution in [0.1, 0.15) is 60.5 Å². The summed E-state index contributed by atoms with van der Waals surface area (Å²) in [6, 6.07) is 16.1. The third-order valence-corrected chi connectivity index (χ3v) is 6.20. The predicted octanol–water partition coefficient (Wildman–Crippen LogP) is 4.97. The summed E-state index contributed by atoms with van der Waals surface area (Å²) >= 11 is 0. The normalized spacial score (nSPS) is 15.9. The average Bonchev–Trinajstić information content (AvgIpc) is 3.70. The van der Waals surface area contributed by atoms with Gasteiger partial charge in [-0.25, -0.2) is 4.99 Å². The number of para-hydroxylation sites is 1. The van der Waals surface area contributed by atoms with E-state index in [0.29, 0.717) is 13.1 Å². The lowest BCUT2D eigenvalue weighted by Gasteiger charge is -2.26. The first kappa shape index (κ1) is 26.3. The Hall–Kier alpha value is -2.29. The Balaban J connectivity index is 0.00000324. The van der Waals surface area contributed by atoms with Gasteiger partial charge in [0, 0.05) is 37.3 Å². The van der Waals surface area contributed by atoms with Gasteiger partial charge >= 0.3 is 0 Å². The number of carbonyl (C=O) groups excluding carboxylic acids is 1. The maximum absolute atomic E-state index is 12.7. The van der Waals surface area contributed by atoms with E-state index in [0.717, 1.165) is 73.4 Å². The summed E-state index contributed by atoms with van der Waals surface area (Å²) in [4.78, 5) is 19.4. The number of piperidine rings is 1. The van der Waals surface area contributed by atoms with Crippen molar-refractivity contribution in [2.45, 2.75) is 52.1 Å². The summed E-state index contributed by atoms with van der Waals surface area (Å²) in [7, 11) is 0. The highest BCUT2D eigenvalue weighted by molar-refractivity contribution is 14.0. The van der Waals surface area contributed by atoms with Gasteiger partial charge in [-0.05, 0) is 68.7 Å². The molecule has 2 aromatic rings. The number of carbonyl (C=O) groups is 1. The fourth-order valence-electron chi connectivity index (χ4n) is 4.01. The SMILES string of the molecule is CCNC(=NCc1ccc(C(=O)N2CCCCC2)cc1)NCc1ccccc1OCC1CC1.I. The van der Waals surface area contributed by atoms with Crippen LogP contribution < -0.4 is 15.4 Å². The molecule has 1 saturated heterocycles. The van der Waals surface area contributed by atoms with Gasteiger partial charge in [-0.1, -0.05) is 30.3 Å². The number of nitrogens with one attached hydrogen (secondary N) is 2. The molecule has 1 heterocycles. The van der Waals surface area contributed by atoms with E-state index in [-0.39, 0.29) is 29.9 Å². The van der Waals surface area contributed by atoms with Gasteiger partial charge in [0.1, 0.15) is 5.75 Å². The molecule has 1 aliphatic carbocycles. The molecule has 34 heavy (non-hydrogen) atoms. The van der Waals surface area contributed by atoms with Gasteiger partial charge < -0.3 is 20.3 Å². The zero-order valence-electron chi connectivity index (χ0n) is 20.1. The maximum Gasteiger partial charge on any atom is 0.253 e. The van der Waals surface area contributed by atoms with E-state index in [1.165, 1.54) is 19.3 Å². The van der Waals surface area contributed by atoms with Crippen LogP contribution >= 0.6 is 24.0 Å². The number of ether oxygens (including phenoxy) is 1. The smallest absolute Gasteiger partial charge is 0.253 e. The zero-order chi connectivity index (χ0) is 22.9. The molecule has 2 N–H and O–H groups in total. The lowest BCUT2D eigenvalue weighted by Crippen LogP contribution is -2.36. The molecule has 2 aromatic carbocycles. The topological polar surface area (TPSA) is 66.0 Å². The highest BCUT2D eigenvalue weighted by Gasteiger charge is 2.22. The fourth-order valence-corrected chi connectivity index (χ4v) is 4.01.